The smallest absolute Gasteiger partial charge is 0.255 e. The van der Waals surface area contributed by atoms with Crippen LogP contribution in [0.1, 0.15) is 15.9 Å². The lowest BCUT2D eigenvalue weighted by Gasteiger charge is -2.35. The Morgan fingerprint density at radius 3 is 2.25 bits per heavy atom. The molecule has 1 fully saturated rings. The average Bonchev–Trinajstić information content (AvgIpc) is 2.81. The van der Waals surface area contributed by atoms with E-state index in [0.29, 0.717) is 18.8 Å². The fourth-order valence-electron chi connectivity index (χ4n) is 3.71. The Bertz CT molecular complexity index is 1220. The zero-order chi connectivity index (χ0) is 22.7. The largest absolute Gasteiger partial charge is 0.369 e. The highest BCUT2D eigenvalue weighted by Gasteiger charge is 2.31. The molecule has 0 aromatic heterocycles. The summed E-state index contributed by atoms with van der Waals surface area (Å²) in [5.74, 6) is -1.37. The van der Waals surface area contributed by atoms with Gasteiger partial charge in [0.05, 0.1) is 0 Å². The molecule has 1 aliphatic heterocycles. The first-order valence-electron chi connectivity index (χ1n) is 10.3. The van der Waals surface area contributed by atoms with Crippen molar-refractivity contribution in [2.45, 2.75) is 11.8 Å². The maximum Gasteiger partial charge on any atom is 0.255 e. The molecule has 0 radical (unpaired) electrons. The number of nitrogens with one attached hydrogen (secondary N) is 1. The molecule has 1 amide bonds. The number of hydrogen-bond acceptors (Lipinski definition) is 4. The van der Waals surface area contributed by atoms with Gasteiger partial charge < -0.3 is 10.2 Å². The predicted molar refractivity (Wildman–Crippen MR) is 123 cm³/mol. The van der Waals surface area contributed by atoms with Crippen molar-refractivity contribution in [3.8, 4) is 0 Å². The van der Waals surface area contributed by atoms with Crippen LogP contribution in [0.3, 0.4) is 0 Å². The van der Waals surface area contributed by atoms with Gasteiger partial charge in [-0.1, -0.05) is 36.4 Å². The van der Waals surface area contributed by atoms with Gasteiger partial charge >= 0.3 is 0 Å². The lowest BCUT2D eigenvalue weighted by Crippen LogP contribution is -2.48. The lowest BCUT2D eigenvalue weighted by molar-refractivity contribution is 0.102. The molecule has 0 atom stereocenters. The van der Waals surface area contributed by atoms with Crippen LogP contribution >= 0.6 is 0 Å². The molecule has 8 heteroatoms. The fraction of sp³-hybridized carbons (Fsp3) is 0.208. The molecular weight excluding hydrogens is 429 g/mol. The molecule has 1 aliphatic rings. The Morgan fingerprint density at radius 1 is 0.906 bits per heavy atom. The highest BCUT2D eigenvalue weighted by molar-refractivity contribution is 7.89. The molecule has 32 heavy (non-hydrogen) atoms. The number of nitrogens with zero attached hydrogens (tertiary/aromatic N) is 2. The van der Waals surface area contributed by atoms with E-state index < -0.39 is 26.6 Å². The third kappa shape index (κ3) is 4.51. The van der Waals surface area contributed by atoms with Gasteiger partial charge in [-0.3, -0.25) is 4.79 Å². The van der Waals surface area contributed by atoms with Gasteiger partial charge in [-0.15, -0.1) is 0 Å². The molecule has 0 bridgehead atoms. The number of halogens is 1. The maximum absolute atomic E-state index is 14.6. The van der Waals surface area contributed by atoms with Gasteiger partial charge in [0.25, 0.3) is 5.91 Å². The van der Waals surface area contributed by atoms with Crippen LogP contribution < -0.4 is 10.2 Å². The Balaban J connectivity index is 1.52. The van der Waals surface area contributed by atoms with Crippen molar-refractivity contribution in [3.05, 3.63) is 89.7 Å². The summed E-state index contributed by atoms with van der Waals surface area (Å²) in [6.45, 7) is 3.31. The summed E-state index contributed by atoms with van der Waals surface area (Å²) in [4.78, 5) is 14.3. The van der Waals surface area contributed by atoms with Gasteiger partial charge in [-0.05, 0) is 48.9 Å². The molecule has 3 aromatic rings. The molecule has 1 heterocycles. The Labute approximate surface area is 187 Å². The fourth-order valence-corrected chi connectivity index (χ4v) is 5.23. The van der Waals surface area contributed by atoms with E-state index in [2.05, 4.69) is 10.2 Å². The van der Waals surface area contributed by atoms with Crippen LogP contribution in [0, 0.1) is 12.7 Å². The zero-order valence-corrected chi connectivity index (χ0v) is 18.5. The maximum atomic E-state index is 14.6. The molecule has 0 spiro atoms. The highest BCUT2D eigenvalue weighted by atomic mass is 32.2. The summed E-state index contributed by atoms with van der Waals surface area (Å²) in [5, 5.41) is 2.75. The van der Waals surface area contributed by atoms with E-state index >= 15 is 0 Å². The lowest BCUT2D eigenvalue weighted by atomic mass is 10.1. The summed E-state index contributed by atoms with van der Waals surface area (Å²) in [6, 6.07) is 20.4. The number of rotatable bonds is 5. The van der Waals surface area contributed by atoms with Crippen LogP contribution in [0.4, 0.5) is 15.8 Å². The van der Waals surface area contributed by atoms with Crippen LogP contribution in [-0.4, -0.2) is 44.8 Å². The minimum atomic E-state index is -4.08. The topological polar surface area (TPSA) is 69.7 Å². The molecule has 4 rings (SSSR count). The number of para-hydroxylation sites is 2. The van der Waals surface area contributed by atoms with E-state index in [0.717, 1.165) is 23.4 Å². The second kappa shape index (κ2) is 9.10. The standard InChI is InChI=1S/C24H24FN3O3S/c1-18-7-5-6-10-22(18)26-24(29)19-11-12-21(25)23(17-19)32(30,31)28-15-13-27(14-16-28)20-8-3-2-4-9-20/h2-12,17H,13-16H2,1H3,(H,26,29). The number of carbonyl (C=O) groups excluding carboxylic acids is 1. The number of aryl methyl sites for hydroxylation is 1. The average molecular weight is 454 g/mol. The molecule has 166 valence electrons. The summed E-state index contributed by atoms with van der Waals surface area (Å²) >= 11 is 0. The molecular formula is C24H24FN3O3S. The van der Waals surface area contributed by atoms with E-state index in [1.165, 1.54) is 10.4 Å². The second-order valence-electron chi connectivity index (χ2n) is 7.64. The van der Waals surface area contributed by atoms with Crippen molar-refractivity contribution < 1.29 is 17.6 Å². The van der Waals surface area contributed by atoms with Crippen LogP contribution in [0.2, 0.25) is 0 Å². The number of hydrogen-bond donors (Lipinski definition) is 1. The van der Waals surface area contributed by atoms with Crippen molar-refractivity contribution >= 4 is 27.3 Å². The van der Waals surface area contributed by atoms with Crippen LogP contribution in [0.5, 0.6) is 0 Å². The predicted octanol–water partition coefficient (Wildman–Crippen LogP) is 3.90. The quantitative estimate of drug-likeness (QED) is 0.636. The van der Waals surface area contributed by atoms with Crippen molar-refractivity contribution in [2.24, 2.45) is 0 Å². The van der Waals surface area contributed by atoms with Crippen LogP contribution in [-0.2, 0) is 10.0 Å². The number of sulfonamides is 1. The molecule has 0 saturated carbocycles. The van der Waals surface area contributed by atoms with Crippen LogP contribution in [0.15, 0.2) is 77.7 Å². The molecule has 3 aromatic carbocycles. The Kier molecular flexibility index (Phi) is 6.25. The molecule has 6 nitrogen and oxygen atoms in total. The Hall–Kier alpha value is -3.23. The SMILES string of the molecule is Cc1ccccc1NC(=O)c1ccc(F)c(S(=O)(=O)N2CCN(c3ccccc3)CC2)c1. The van der Waals surface area contributed by atoms with E-state index in [9.17, 15) is 17.6 Å². The van der Waals surface area contributed by atoms with Gasteiger partial charge in [0.2, 0.25) is 10.0 Å². The summed E-state index contributed by atoms with van der Waals surface area (Å²) in [5.41, 5.74) is 2.58. The van der Waals surface area contributed by atoms with E-state index in [1.807, 2.05) is 49.4 Å². The summed E-state index contributed by atoms with van der Waals surface area (Å²) in [6.07, 6.45) is 0. The minimum Gasteiger partial charge on any atom is -0.369 e. The van der Waals surface area contributed by atoms with Gasteiger partial charge in [-0.25, -0.2) is 12.8 Å². The van der Waals surface area contributed by atoms with Crippen molar-refractivity contribution in [1.82, 2.24) is 4.31 Å². The first-order chi connectivity index (χ1) is 15.4. The van der Waals surface area contributed by atoms with E-state index in [4.69, 9.17) is 0 Å². The van der Waals surface area contributed by atoms with Gasteiger partial charge in [0, 0.05) is 43.1 Å². The molecule has 0 unspecified atom stereocenters. The Morgan fingerprint density at radius 2 is 1.56 bits per heavy atom. The normalized spacial score (nSPS) is 14.9. The number of carbonyl (C=O) groups is 1. The number of anilines is 2. The molecule has 0 aliphatic carbocycles. The number of piperazine rings is 1. The summed E-state index contributed by atoms with van der Waals surface area (Å²) < 4.78 is 42.2. The van der Waals surface area contributed by atoms with Crippen molar-refractivity contribution in [1.29, 1.82) is 0 Å². The highest BCUT2D eigenvalue weighted by Crippen LogP contribution is 2.24. The first-order valence-corrected chi connectivity index (χ1v) is 11.8. The van der Waals surface area contributed by atoms with E-state index in [-0.39, 0.29) is 18.7 Å². The number of amides is 1. The zero-order valence-electron chi connectivity index (χ0n) is 17.7. The molecule has 1 N–H and O–H groups in total. The van der Waals surface area contributed by atoms with Gasteiger partial charge in [0.15, 0.2) is 0 Å². The third-order valence-corrected chi connectivity index (χ3v) is 7.48. The molecule has 1 saturated heterocycles. The monoisotopic (exact) mass is 453 g/mol. The third-order valence-electron chi connectivity index (χ3n) is 5.56. The van der Waals surface area contributed by atoms with Gasteiger partial charge in [-0.2, -0.15) is 4.31 Å². The van der Waals surface area contributed by atoms with Gasteiger partial charge in [0.1, 0.15) is 10.7 Å². The van der Waals surface area contributed by atoms with Crippen molar-refractivity contribution in [2.75, 3.05) is 36.4 Å². The first kappa shape index (κ1) is 22.0. The van der Waals surface area contributed by atoms with E-state index in [1.54, 1.807) is 12.1 Å². The summed E-state index contributed by atoms with van der Waals surface area (Å²) in [7, 11) is -4.08. The number of benzene rings is 3. The second-order valence-corrected chi connectivity index (χ2v) is 9.55. The minimum absolute atomic E-state index is 0.0798. The van der Waals surface area contributed by atoms with Crippen LogP contribution in [0.25, 0.3) is 0 Å². The van der Waals surface area contributed by atoms with Crippen molar-refractivity contribution in [3.63, 3.8) is 0 Å².